The molecule has 2 fully saturated rings. The Morgan fingerprint density at radius 1 is 1.12 bits per heavy atom. The average molecular weight is 238 g/mol. The topological polar surface area (TPSA) is 15.3 Å². The van der Waals surface area contributed by atoms with Gasteiger partial charge in [-0.25, -0.2) is 0 Å². The van der Waals surface area contributed by atoms with E-state index in [0.29, 0.717) is 0 Å². The van der Waals surface area contributed by atoms with Gasteiger partial charge in [-0.2, -0.15) is 0 Å². The van der Waals surface area contributed by atoms with Crippen molar-refractivity contribution in [3.63, 3.8) is 0 Å². The van der Waals surface area contributed by atoms with Crippen molar-refractivity contribution in [2.45, 2.75) is 57.9 Å². The van der Waals surface area contributed by atoms with E-state index < -0.39 is 0 Å². The SMILES string of the molecule is CC1CCCC(CCNC2CCN(C)CC2)C1. The first-order chi connectivity index (χ1) is 8.24. The maximum absolute atomic E-state index is 3.78. The largest absolute Gasteiger partial charge is 0.314 e. The lowest BCUT2D eigenvalue weighted by molar-refractivity contribution is 0.224. The Morgan fingerprint density at radius 2 is 1.88 bits per heavy atom. The average Bonchev–Trinajstić information content (AvgIpc) is 2.32. The van der Waals surface area contributed by atoms with Crippen LogP contribution >= 0.6 is 0 Å². The zero-order valence-corrected chi connectivity index (χ0v) is 11.8. The first-order valence-corrected chi connectivity index (χ1v) is 7.66. The molecule has 17 heavy (non-hydrogen) atoms. The molecule has 2 rings (SSSR count). The van der Waals surface area contributed by atoms with Gasteiger partial charge in [-0.05, 0) is 64.2 Å². The molecule has 1 saturated carbocycles. The van der Waals surface area contributed by atoms with Crippen molar-refractivity contribution in [3.8, 4) is 0 Å². The van der Waals surface area contributed by atoms with E-state index in [4.69, 9.17) is 0 Å². The molecular weight excluding hydrogens is 208 g/mol. The van der Waals surface area contributed by atoms with Crippen LogP contribution in [0.15, 0.2) is 0 Å². The molecule has 2 unspecified atom stereocenters. The molecule has 2 aliphatic rings. The summed E-state index contributed by atoms with van der Waals surface area (Å²) < 4.78 is 0. The molecule has 1 heterocycles. The first kappa shape index (κ1) is 13.4. The lowest BCUT2D eigenvalue weighted by atomic mass is 9.81. The van der Waals surface area contributed by atoms with Crippen molar-refractivity contribution in [2.24, 2.45) is 11.8 Å². The minimum Gasteiger partial charge on any atom is -0.314 e. The van der Waals surface area contributed by atoms with Gasteiger partial charge in [-0.1, -0.05) is 26.2 Å². The van der Waals surface area contributed by atoms with Gasteiger partial charge >= 0.3 is 0 Å². The summed E-state index contributed by atoms with van der Waals surface area (Å²) in [6.07, 6.45) is 10.0. The molecule has 1 aliphatic heterocycles. The lowest BCUT2D eigenvalue weighted by Gasteiger charge is -2.31. The minimum absolute atomic E-state index is 0.798. The van der Waals surface area contributed by atoms with Crippen molar-refractivity contribution in [2.75, 3.05) is 26.7 Å². The molecule has 2 heteroatoms. The smallest absolute Gasteiger partial charge is 0.00914 e. The van der Waals surface area contributed by atoms with Gasteiger partial charge in [0.25, 0.3) is 0 Å². The van der Waals surface area contributed by atoms with E-state index in [1.807, 2.05) is 0 Å². The van der Waals surface area contributed by atoms with Gasteiger partial charge in [0.1, 0.15) is 0 Å². The van der Waals surface area contributed by atoms with Crippen LogP contribution in [-0.4, -0.2) is 37.6 Å². The highest BCUT2D eigenvalue weighted by Gasteiger charge is 2.20. The first-order valence-electron chi connectivity index (χ1n) is 7.66. The van der Waals surface area contributed by atoms with E-state index in [1.165, 1.54) is 64.6 Å². The number of piperidine rings is 1. The summed E-state index contributed by atoms with van der Waals surface area (Å²) in [7, 11) is 2.24. The highest BCUT2D eigenvalue weighted by Crippen LogP contribution is 2.30. The Balaban J connectivity index is 1.56. The third kappa shape index (κ3) is 4.59. The molecule has 1 saturated heterocycles. The van der Waals surface area contributed by atoms with E-state index in [-0.39, 0.29) is 0 Å². The normalized spacial score (nSPS) is 32.8. The van der Waals surface area contributed by atoms with Crippen molar-refractivity contribution in [1.29, 1.82) is 0 Å². The standard InChI is InChI=1S/C15H30N2/c1-13-4-3-5-14(12-13)6-9-16-15-7-10-17(2)11-8-15/h13-16H,3-12H2,1-2H3. The van der Waals surface area contributed by atoms with Crippen LogP contribution in [0, 0.1) is 11.8 Å². The number of hydrogen-bond donors (Lipinski definition) is 1. The molecule has 0 aromatic carbocycles. The third-order valence-corrected chi connectivity index (χ3v) is 4.75. The van der Waals surface area contributed by atoms with Crippen LogP contribution in [0.5, 0.6) is 0 Å². The van der Waals surface area contributed by atoms with E-state index in [9.17, 15) is 0 Å². The van der Waals surface area contributed by atoms with Gasteiger partial charge in [0.15, 0.2) is 0 Å². The number of nitrogens with zero attached hydrogens (tertiary/aromatic N) is 1. The van der Waals surface area contributed by atoms with E-state index in [0.717, 1.165) is 17.9 Å². The molecule has 0 radical (unpaired) electrons. The predicted octanol–water partition coefficient (Wildman–Crippen LogP) is 2.89. The maximum atomic E-state index is 3.78. The van der Waals surface area contributed by atoms with Crippen molar-refractivity contribution >= 4 is 0 Å². The molecule has 0 bridgehead atoms. The fraction of sp³-hybridized carbons (Fsp3) is 1.00. The second-order valence-electron chi connectivity index (χ2n) is 6.46. The molecule has 2 nitrogen and oxygen atoms in total. The summed E-state index contributed by atoms with van der Waals surface area (Å²) in [6.45, 7) is 6.23. The molecule has 1 N–H and O–H groups in total. The van der Waals surface area contributed by atoms with Crippen molar-refractivity contribution in [1.82, 2.24) is 10.2 Å². The van der Waals surface area contributed by atoms with Crippen molar-refractivity contribution < 1.29 is 0 Å². The molecule has 0 aromatic heterocycles. The Hall–Kier alpha value is -0.0800. The van der Waals surface area contributed by atoms with Gasteiger partial charge < -0.3 is 10.2 Å². The number of nitrogens with one attached hydrogen (secondary N) is 1. The summed E-state index contributed by atoms with van der Waals surface area (Å²) in [5.74, 6) is 1.99. The zero-order chi connectivity index (χ0) is 12.1. The number of hydrogen-bond acceptors (Lipinski definition) is 2. The third-order valence-electron chi connectivity index (χ3n) is 4.75. The second kappa shape index (κ2) is 6.75. The summed E-state index contributed by atoms with van der Waals surface area (Å²) in [5, 5.41) is 3.78. The summed E-state index contributed by atoms with van der Waals surface area (Å²) in [5.41, 5.74) is 0. The summed E-state index contributed by atoms with van der Waals surface area (Å²) in [6, 6.07) is 0.798. The lowest BCUT2D eigenvalue weighted by Crippen LogP contribution is -2.41. The molecule has 0 spiro atoms. The highest BCUT2D eigenvalue weighted by atomic mass is 15.1. The fourth-order valence-electron chi connectivity index (χ4n) is 3.53. The fourth-order valence-corrected chi connectivity index (χ4v) is 3.53. The molecular formula is C15H30N2. The molecule has 2 atom stereocenters. The Labute approximate surface area is 107 Å². The van der Waals surface area contributed by atoms with Gasteiger partial charge in [-0.3, -0.25) is 0 Å². The van der Waals surface area contributed by atoms with Crippen LogP contribution in [0.2, 0.25) is 0 Å². The second-order valence-corrected chi connectivity index (χ2v) is 6.46. The van der Waals surface area contributed by atoms with Gasteiger partial charge in [0.2, 0.25) is 0 Å². The van der Waals surface area contributed by atoms with E-state index in [1.54, 1.807) is 0 Å². The maximum Gasteiger partial charge on any atom is 0.00914 e. The van der Waals surface area contributed by atoms with Gasteiger partial charge in [0.05, 0.1) is 0 Å². The Kier molecular flexibility index (Phi) is 5.30. The number of rotatable bonds is 4. The monoisotopic (exact) mass is 238 g/mol. The van der Waals surface area contributed by atoms with Crippen LogP contribution in [0.3, 0.4) is 0 Å². The van der Waals surface area contributed by atoms with Crippen LogP contribution in [-0.2, 0) is 0 Å². The molecule has 0 amide bonds. The Morgan fingerprint density at radius 3 is 2.59 bits per heavy atom. The quantitative estimate of drug-likeness (QED) is 0.810. The molecule has 100 valence electrons. The predicted molar refractivity (Wildman–Crippen MR) is 74.3 cm³/mol. The molecule has 0 aromatic rings. The van der Waals surface area contributed by atoms with Crippen LogP contribution < -0.4 is 5.32 Å². The summed E-state index contributed by atoms with van der Waals surface area (Å²) in [4.78, 5) is 2.45. The zero-order valence-electron chi connectivity index (χ0n) is 11.8. The van der Waals surface area contributed by atoms with E-state index >= 15 is 0 Å². The van der Waals surface area contributed by atoms with Gasteiger partial charge in [-0.15, -0.1) is 0 Å². The Bertz CT molecular complexity index is 209. The van der Waals surface area contributed by atoms with Gasteiger partial charge in [0, 0.05) is 6.04 Å². The number of likely N-dealkylation sites (tertiary alicyclic amines) is 1. The molecule has 1 aliphatic carbocycles. The van der Waals surface area contributed by atoms with Crippen LogP contribution in [0.4, 0.5) is 0 Å². The van der Waals surface area contributed by atoms with E-state index in [2.05, 4.69) is 24.2 Å². The van der Waals surface area contributed by atoms with Crippen molar-refractivity contribution in [3.05, 3.63) is 0 Å². The minimum atomic E-state index is 0.798. The summed E-state index contributed by atoms with van der Waals surface area (Å²) >= 11 is 0. The highest BCUT2D eigenvalue weighted by molar-refractivity contribution is 4.77. The van der Waals surface area contributed by atoms with Crippen LogP contribution in [0.25, 0.3) is 0 Å². The van der Waals surface area contributed by atoms with Crippen LogP contribution in [0.1, 0.15) is 51.9 Å².